The quantitative estimate of drug-likeness (QED) is 0.226. The van der Waals surface area contributed by atoms with E-state index in [1.54, 1.807) is 0 Å². The summed E-state index contributed by atoms with van der Waals surface area (Å²) in [5, 5.41) is 0. The highest BCUT2D eigenvalue weighted by atomic mass is 15.1. The highest BCUT2D eigenvalue weighted by Crippen LogP contribution is 2.41. The van der Waals surface area contributed by atoms with Gasteiger partial charge in [-0.15, -0.1) is 0 Å². The van der Waals surface area contributed by atoms with Crippen LogP contribution in [0.15, 0.2) is 158 Å². The zero-order valence-electron chi connectivity index (χ0n) is 21.5. The Kier molecular flexibility index (Phi) is 6.57. The Morgan fingerprint density at radius 2 is 0.658 bits per heavy atom. The lowest BCUT2D eigenvalue weighted by molar-refractivity contribution is 1.21. The maximum absolute atomic E-state index is 2.32. The van der Waals surface area contributed by atoms with Crippen molar-refractivity contribution in [3.05, 3.63) is 158 Å². The van der Waals surface area contributed by atoms with E-state index in [0.29, 0.717) is 0 Å². The Hall–Kier alpha value is -4.88. The van der Waals surface area contributed by atoms with Gasteiger partial charge >= 0.3 is 0 Å². The molecule has 182 valence electrons. The molecule has 0 amide bonds. The number of rotatable bonds is 6. The summed E-state index contributed by atoms with van der Waals surface area (Å²) in [5.41, 5.74) is 12.0. The third-order valence-corrected chi connectivity index (χ3v) is 7.07. The molecule has 0 aliphatic carbocycles. The molecule has 0 unspecified atom stereocenters. The van der Waals surface area contributed by atoms with Crippen LogP contribution in [0.3, 0.4) is 0 Å². The number of hydrogen-bond acceptors (Lipinski definition) is 1. The van der Waals surface area contributed by atoms with Gasteiger partial charge in [0.2, 0.25) is 0 Å². The predicted octanol–water partition coefficient (Wildman–Crippen LogP) is 10.1. The summed E-state index contributed by atoms with van der Waals surface area (Å²) in [4.78, 5) is 2.31. The fourth-order valence-electron chi connectivity index (χ4n) is 5.15. The number of anilines is 2. The smallest absolute Gasteiger partial charge is 0.0487 e. The molecule has 38 heavy (non-hydrogen) atoms. The second kappa shape index (κ2) is 10.6. The number of benzene rings is 6. The molecule has 1 heteroatoms. The van der Waals surface area contributed by atoms with Crippen molar-refractivity contribution in [3.63, 3.8) is 0 Å². The maximum Gasteiger partial charge on any atom is 0.0487 e. The summed E-state index contributed by atoms with van der Waals surface area (Å²) in [5.74, 6) is 0. The molecule has 0 spiro atoms. The van der Waals surface area contributed by atoms with Gasteiger partial charge in [-0.25, -0.2) is 0 Å². The van der Waals surface area contributed by atoms with Crippen molar-refractivity contribution >= 4 is 11.4 Å². The topological polar surface area (TPSA) is 3.24 Å². The number of para-hydroxylation sites is 2. The first-order valence-corrected chi connectivity index (χ1v) is 13.0. The van der Waals surface area contributed by atoms with Gasteiger partial charge in [-0.2, -0.15) is 0 Å². The Balaban J connectivity index is 1.51. The highest BCUT2D eigenvalue weighted by Gasteiger charge is 2.16. The first-order chi connectivity index (χ1) is 18.8. The van der Waals surface area contributed by atoms with Crippen molar-refractivity contribution in [2.24, 2.45) is 0 Å². The van der Waals surface area contributed by atoms with E-state index in [1.165, 1.54) is 55.9 Å². The van der Waals surface area contributed by atoms with Crippen LogP contribution >= 0.6 is 0 Å². The van der Waals surface area contributed by atoms with Crippen molar-refractivity contribution in [2.45, 2.75) is 0 Å². The third-order valence-electron chi connectivity index (χ3n) is 7.07. The SMILES string of the molecule is CN(c1ccccc1-c1ccccc1)c1ccccc1-c1cc(-c2ccccc2)cc(-c2ccccc2)c1. The lowest BCUT2D eigenvalue weighted by Gasteiger charge is -2.26. The summed E-state index contributed by atoms with van der Waals surface area (Å²) < 4.78 is 0. The highest BCUT2D eigenvalue weighted by molar-refractivity contribution is 5.90. The molecule has 0 radical (unpaired) electrons. The number of hydrogen-bond donors (Lipinski definition) is 0. The van der Waals surface area contributed by atoms with E-state index in [2.05, 4.69) is 170 Å². The molecule has 0 aliphatic heterocycles. The first-order valence-electron chi connectivity index (χ1n) is 13.0. The van der Waals surface area contributed by atoms with E-state index in [-0.39, 0.29) is 0 Å². The minimum Gasteiger partial charge on any atom is -0.344 e. The van der Waals surface area contributed by atoms with Crippen LogP contribution in [0.5, 0.6) is 0 Å². The van der Waals surface area contributed by atoms with Gasteiger partial charge in [0, 0.05) is 29.5 Å². The lowest BCUT2D eigenvalue weighted by atomic mass is 9.92. The fourth-order valence-corrected chi connectivity index (χ4v) is 5.15. The van der Waals surface area contributed by atoms with E-state index >= 15 is 0 Å². The molecule has 0 bridgehead atoms. The van der Waals surface area contributed by atoms with Gasteiger partial charge in [0.15, 0.2) is 0 Å². The zero-order chi connectivity index (χ0) is 25.7. The molecular weight excluding hydrogens is 458 g/mol. The molecular formula is C37H29N. The Morgan fingerprint density at radius 1 is 0.316 bits per heavy atom. The zero-order valence-corrected chi connectivity index (χ0v) is 21.5. The molecule has 6 aromatic rings. The molecule has 0 atom stereocenters. The molecule has 0 heterocycles. The Morgan fingerprint density at radius 3 is 1.13 bits per heavy atom. The normalized spacial score (nSPS) is 10.8. The van der Waals surface area contributed by atoms with Crippen molar-refractivity contribution in [1.29, 1.82) is 0 Å². The fraction of sp³-hybridized carbons (Fsp3) is 0.0270. The summed E-state index contributed by atoms with van der Waals surface area (Å²) in [6.45, 7) is 0. The van der Waals surface area contributed by atoms with Crippen molar-refractivity contribution in [2.75, 3.05) is 11.9 Å². The maximum atomic E-state index is 2.32. The van der Waals surface area contributed by atoms with Gasteiger partial charge < -0.3 is 4.90 Å². The summed E-state index contributed by atoms with van der Waals surface area (Å²) in [6.07, 6.45) is 0. The largest absolute Gasteiger partial charge is 0.344 e. The lowest BCUT2D eigenvalue weighted by Crippen LogP contribution is -2.11. The second-order valence-corrected chi connectivity index (χ2v) is 9.49. The molecule has 0 N–H and O–H groups in total. The second-order valence-electron chi connectivity index (χ2n) is 9.49. The van der Waals surface area contributed by atoms with E-state index in [1.807, 2.05) is 0 Å². The Labute approximate surface area is 225 Å². The summed E-state index contributed by atoms with van der Waals surface area (Å²) in [7, 11) is 2.17. The van der Waals surface area contributed by atoms with Crippen molar-refractivity contribution in [3.8, 4) is 44.5 Å². The Bertz CT molecular complexity index is 1600. The van der Waals surface area contributed by atoms with Crippen LogP contribution < -0.4 is 4.90 Å². The van der Waals surface area contributed by atoms with Crippen LogP contribution in [0.4, 0.5) is 11.4 Å². The van der Waals surface area contributed by atoms with E-state index in [0.717, 1.165) is 0 Å². The van der Waals surface area contributed by atoms with E-state index in [4.69, 9.17) is 0 Å². The van der Waals surface area contributed by atoms with Gasteiger partial charge in [-0.1, -0.05) is 127 Å². The minimum atomic E-state index is 1.17. The van der Waals surface area contributed by atoms with E-state index in [9.17, 15) is 0 Å². The van der Waals surface area contributed by atoms with Crippen LogP contribution in [-0.4, -0.2) is 7.05 Å². The van der Waals surface area contributed by atoms with Gasteiger partial charge in [-0.3, -0.25) is 0 Å². The van der Waals surface area contributed by atoms with Crippen LogP contribution in [0.2, 0.25) is 0 Å². The van der Waals surface area contributed by atoms with Gasteiger partial charge in [0.05, 0.1) is 0 Å². The summed E-state index contributed by atoms with van der Waals surface area (Å²) in [6, 6.07) is 56.2. The van der Waals surface area contributed by atoms with Crippen molar-refractivity contribution < 1.29 is 0 Å². The molecule has 0 fully saturated rings. The molecule has 6 aromatic carbocycles. The molecule has 0 saturated heterocycles. The molecule has 0 saturated carbocycles. The van der Waals surface area contributed by atoms with E-state index < -0.39 is 0 Å². The van der Waals surface area contributed by atoms with Gasteiger partial charge in [0.25, 0.3) is 0 Å². The first kappa shape index (κ1) is 23.5. The van der Waals surface area contributed by atoms with Crippen LogP contribution in [0.25, 0.3) is 44.5 Å². The van der Waals surface area contributed by atoms with Gasteiger partial charge in [0.1, 0.15) is 0 Å². The third kappa shape index (κ3) is 4.75. The molecule has 1 nitrogen and oxygen atoms in total. The summed E-state index contributed by atoms with van der Waals surface area (Å²) >= 11 is 0. The van der Waals surface area contributed by atoms with Crippen LogP contribution in [0.1, 0.15) is 0 Å². The molecule has 0 aromatic heterocycles. The van der Waals surface area contributed by atoms with Gasteiger partial charge in [-0.05, 0) is 63.7 Å². The minimum absolute atomic E-state index is 1.17. The monoisotopic (exact) mass is 487 g/mol. The number of nitrogens with zero attached hydrogens (tertiary/aromatic N) is 1. The average Bonchev–Trinajstić information content (AvgIpc) is 3.02. The van der Waals surface area contributed by atoms with Crippen LogP contribution in [0, 0.1) is 0 Å². The van der Waals surface area contributed by atoms with Crippen LogP contribution in [-0.2, 0) is 0 Å². The average molecular weight is 488 g/mol. The standard InChI is InChI=1S/C37H29N/c1-38(36-23-13-11-21-34(36)30-19-9-4-10-20-30)37-24-14-12-22-35(37)33-26-31(28-15-5-2-6-16-28)25-32(27-33)29-17-7-3-8-18-29/h2-27H,1H3. The van der Waals surface area contributed by atoms with Crippen molar-refractivity contribution in [1.82, 2.24) is 0 Å². The molecule has 0 aliphatic rings. The molecule has 6 rings (SSSR count). The predicted molar refractivity (Wildman–Crippen MR) is 163 cm³/mol.